The zero-order valence-corrected chi connectivity index (χ0v) is 12.1. The van der Waals surface area contributed by atoms with Gasteiger partial charge in [-0.05, 0) is 37.9 Å². The van der Waals surface area contributed by atoms with Crippen LogP contribution in [0.25, 0.3) is 0 Å². The van der Waals surface area contributed by atoms with Crippen LogP contribution in [-0.2, 0) is 0 Å². The summed E-state index contributed by atoms with van der Waals surface area (Å²) in [5, 5.41) is 3.42. The van der Waals surface area contributed by atoms with Gasteiger partial charge in [-0.15, -0.1) is 11.3 Å². The Balaban J connectivity index is 1.82. The lowest BCUT2D eigenvalue weighted by Gasteiger charge is -2.23. The van der Waals surface area contributed by atoms with E-state index in [2.05, 4.69) is 18.4 Å². The SMILES string of the molecule is CNC(CCC1CCCCC1)c1ccc(Cl)s1. The minimum atomic E-state index is 0.495. The first-order valence-electron chi connectivity index (χ1n) is 6.72. The van der Waals surface area contributed by atoms with Crippen molar-refractivity contribution in [3.8, 4) is 0 Å². The summed E-state index contributed by atoms with van der Waals surface area (Å²) in [4.78, 5) is 1.38. The lowest BCUT2D eigenvalue weighted by molar-refractivity contribution is 0.318. The first kappa shape index (κ1) is 13.4. The number of halogens is 1. The van der Waals surface area contributed by atoms with Crippen molar-refractivity contribution < 1.29 is 0 Å². The normalized spacial score (nSPS) is 19.4. The van der Waals surface area contributed by atoms with Gasteiger partial charge < -0.3 is 5.32 Å². The zero-order valence-electron chi connectivity index (χ0n) is 10.5. The van der Waals surface area contributed by atoms with Crippen LogP contribution in [0.3, 0.4) is 0 Å². The molecule has 0 aromatic carbocycles. The van der Waals surface area contributed by atoms with E-state index in [1.807, 2.05) is 6.07 Å². The summed E-state index contributed by atoms with van der Waals surface area (Å²) in [7, 11) is 2.05. The van der Waals surface area contributed by atoms with Gasteiger partial charge >= 0.3 is 0 Å². The summed E-state index contributed by atoms with van der Waals surface area (Å²) in [6, 6.07) is 4.66. The summed E-state index contributed by atoms with van der Waals surface area (Å²) in [6.07, 6.45) is 9.84. The van der Waals surface area contributed by atoms with E-state index in [9.17, 15) is 0 Å². The molecule has 1 nitrogen and oxygen atoms in total. The molecule has 96 valence electrons. The number of hydrogen-bond acceptors (Lipinski definition) is 2. The molecule has 0 spiro atoms. The van der Waals surface area contributed by atoms with Crippen molar-refractivity contribution >= 4 is 22.9 Å². The second-order valence-corrected chi connectivity index (χ2v) is 6.81. The highest BCUT2D eigenvalue weighted by Gasteiger charge is 2.17. The van der Waals surface area contributed by atoms with E-state index >= 15 is 0 Å². The second-order valence-electron chi connectivity index (χ2n) is 5.06. The van der Waals surface area contributed by atoms with E-state index in [0.29, 0.717) is 6.04 Å². The smallest absolute Gasteiger partial charge is 0.0931 e. The third-order valence-corrected chi connectivity index (χ3v) is 5.22. The molecule has 1 aromatic heterocycles. The monoisotopic (exact) mass is 271 g/mol. The molecule has 0 saturated heterocycles. The Morgan fingerprint density at radius 1 is 1.35 bits per heavy atom. The summed E-state index contributed by atoms with van der Waals surface area (Å²) in [6.45, 7) is 0. The van der Waals surface area contributed by atoms with Crippen LogP contribution >= 0.6 is 22.9 Å². The van der Waals surface area contributed by atoms with E-state index in [-0.39, 0.29) is 0 Å². The molecule has 1 atom stereocenters. The van der Waals surface area contributed by atoms with Gasteiger partial charge in [0.1, 0.15) is 0 Å². The molecule has 0 amide bonds. The summed E-state index contributed by atoms with van der Waals surface area (Å²) >= 11 is 7.71. The van der Waals surface area contributed by atoms with Crippen LogP contribution in [0.2, 0.25) is 4.34 Å². The standard InChI is InChI=1S/C14H22ClNS/c1-16-12(13-9-10-14(15)17-13)8-7-11-5-3-2-4-6-11/h9-12,16H,2-8H2,1H3. The minimum Gasteiger partial charge on any atom is -0.312 e. The van der Waals surface area contributed by atoms with Crippen LogP contribution in [-0.4, -0.2) is 7.05 Å². The van der Waals surface area contributed by atoms with Gasteiger partial charge in [-0.25, -0.2) is 0 Å². The third-order valence-electron chi connectivity index (χ3n) is 3.87. The minimum absolute atomic E-state index is 0.495. The number of rotatable bonds is 5. The van der Waals surface area contributed by atoms with Gasteiger partial charge in [0.2, 0.25) is 0 Å². The van der Waals surface area contributed by atoms with Gasteiger partial charge in [0, 0.05) is 10.9 Å². The lowest BCUT2D eigenvalue weighted by Crippen LogP contribution is -2.17. The molecule has 3 heteroatoms. The van der Waals surface area contributed by atoms with Crippen LogP contribution in [0.1, 0.15) is 55.9 Å². The molecule has 1 aromatic rings. The fraction of sp³-hybridized carbons (Fsp3) is 0.714. The Kier molecular flexibility index (Phi) is 5.33. The predicted octanol–water partition coefficient (Wildman–Crippen LogP) is 5.02. The first-order valence-corrected chi connectivity index (χ1v) is 7.91. The van der Waals surface area contributed by atoms with Crippen molar-refractivity contribution in [2.75, 3.05) is 7.05 Å². The molecule has 2 rings (SSSR count). The van der Waals surface area contributed by atoms with Crippen LogP contribution in [0.5, 0.6) is 0 Å². The maximum absolute atomic E-state index is 6.00. The Morgan fingerprint density at radius 3 is 2.71 bits per heavy atom. The van der Waals surface area contributed by atoms with Crippen molar-refractivity contribution in [1.29, 1.82) is 0 Å². The topological polar surface area (TPSA) is 12.0 Å². The van der Waals surface area contributed by atoms with Crippen LogP contribution in [0.4, 0.5) is 0 Å². The molecule has 1 fully saturated rings. The Hall–Kier alpha value is -0.0500. The van der Waals surface area contributed by atoms with Crippen LogP contribution in [0.15, 0.2) is 12.1 Å². The van der Waals surface area contributed by atoms with Crippen molar-refractivity contribution in [2.45, 2.75) is 51.0 Å². The summed E-state index contributed by atoms with van der Waals surface area (Å²) in [5.74, 6) is 0.968. The molecular weight excluding hydrogens is 250 g/mol. The van der Waals surface area contributed by atoms with Crippen molar-refractivity contribution in [3.05, 3.63) is 21.3 Å². The van der Waals surface area contributed by atoms with Gasteiger partial charge in [0.25, 0.3) is 0 Å². The van der Waals surface area contributed by atoms with Crippen molar-refractivity contribution in [3.63, 3.8) is 0 Å². The molecule has 1 unspecified atom stereocenters. The fourth-order valence-electron chi connectivity index (χ4n) is 2.82. The highest BCUT2D eigenvalue weighted by atomic mass is 35.5. The maximum atomic E-state index is 6.00. The second kappa shape index (κ2) is 6.77. The van der Waals surface area contributed by atoms with E-state index in [4.69, 9.17) is 11.6 Å². The molecule has 17 heavy (non-hydrogen) atoms. The van der Waals surface area contributed by atoms with Gasteiger partial charge in [-0.1, -0.05) is 43.7 Å². The van der Waals surface area contributed by atoms with E-state index in [1.165, 1.54) is 49.8 Å². The molecular formula is C14H22ClNS. The van der Waals surface area contributed by atoms with E-state index in [0.717, 1.165) is 10.3 Å². The number of nitrogens with one attached hydrogen (secondary N) is 1. The molecule has 1 aliphatic carbocycles. The average Bonchev–Trinajstić information content (AvgIpc) is 2.78. The zero-order chi connectivity index (χ0) is 12.1. The average molecular weight is 272 g/mol. The van der Waals surface area contributed by atoms with Gasteiger partial charge in [-0.2, -0.15) is 0 Å². The first-order chi connectivity index (χ1) is 8.29. The van der Waals surface area contributed by atoms with E-state index in [1.54, 1.807) is 11.3 Å². The molecule has 1 N–H and O–H groups in total. The third kappa shape index (κ3) is 3.97. The van der Waals surface area contributed by atoms with Crippen molar-refractivity contribution in [1.82, 2.24) is 5.32 Å². The lowest BCUT2D eigenvalue weighted by atomic mass is 9.85. The Bertz CT molecular complexity index is 331. The van der Waals surface area contributed by atoms with Gasteiger partial charge in [0.05, 0.1) is 4.34 Å². The van der Waals surface area contributed by atoms with Crippen LogP contribution < -0.4 is 5.32 Å². The maximum Gasteiger partial charge on any atom is 0.0931 e. The van der Waals surface area contributed by atoms with Gasteiger partial charge in [0.15, 0.2) is 0 Å². The summed E-state index contributed by atoms with van der Waals surface area (Å²) < 4.78 is 0.901. The summed E-state index contributed by atoms with van der Waals surface area (Å²) in [5.41, 5.74) is 0. The number of hydrogen-bond donors (Lipinski definition) is 1. The highest BCUT2D eigenvalue weighted by Crippen LogP contribution is 2.33. The highest BCUT2D eigenvalue weighted by molar-refractivity contribution is 7.16. The predicted molar refractivity (Wildman–Crippen MR) is 76.9 cm³/mol. The molecule has 0 aliphatic heterocycles. The van der Waals surface area contributed by atoms with Crippen molar-refractivity contribution in [2.24, 2.45) is 5.92 Å². The fourth-order valence-corrected chi connectivity index (χ4v) is 4.03. The number of thiophene rings is 1. The molecule has 0 radical (unpaired) electrons. The largest absolute Gasteiger partial charge is 0.312 e. The quantitative estimate of drug-likeness (QED) is 0.793. The van der Waals surface area contributed by atoms with Gasteiger partial charge in [-0.3, -0.25) is 0 Å². The molecule has 1 aliphatic rings. The Labute approximate surface area is 114 Å². The van der Waals surface area contributed by atoms with Crippen LogP contribution in [0, 0.1) is 5.92 Å². The molecule has 0 bridgehead atoms. The van der Waals surface area contributed by atoms with E-state index < -0.39 is 0 Å². The molecule has 1 saturated carbocycles. The Morgan fingerprint density at radius 2 is 2.12 bits per heavy atom. The molecule has 1 heterocycles.